The van der Waals surface area contributed by atoms with Gasteiger partial charge in [0.1, 0.15) is 5.69 Å². The van der Waals surface area contributed by atoms with E-state index in [-0.39, 0.29) is 5.91 Å². The lowest BCUT2D eigenvalue weighted by atomic mass is 10.1. The molecule has 1 amide bonds. The van der Waals surface area contributed by atoms with Crippen LogP contribution in [0.4, 0.5) is 11.4 Å². The van der Waals surface area contributed by atoms with Crippen molar-refractivity contribution in [2.45, 2.75) is 6.92 Å². The zero-order chi connectivity index (χ0) is 19.8. The summed E-state index contributed by atoms with van der Waals surface area (Å²) in [6.07, 6.45) is 0. The van der Waals surface area contributed by atoms with E-state index in [9.17, 15) is 4.79 Å². The number of fused-ring (bicyclic) bond motifs is 2. The van der Waals surface area contributed by atoms with Gasteiger partial charge >= 0.3 is 0 Å². The van der Waals surface area contributed by atoms with Crippen molar-refractivity contribution in [3.05, 3.63) is 84.9 Å². The number of rotatable bonds is 3. The number of imidazole rings is 1. The zero-order valence-corrected chi connectivity index (χ0v) is 15.8. The van der Waals surface area contributed by atoms with Gasteiger partial charge in [-0.05, 0) is 36.4 Å². The van der Waals surface area contributed by atoms with E-state index in [0.717, 1.165) is 39.0 Å². The van der Waals surface area contributed by atoms with Crippen molar-refractivity contribution in [2.24, 2.45) is 0 Å². The van der Waals surface area contributed by atoms with Crippen LogP contribution in [0.25, 0.3) is 33.5 Å². The minimum atomic E-state index is -0.0698. The number of hydrogen-bond donors (Lipinski definition) is 1. The summed E-state index contributed by atoms with van der Waals surface area (Å²) in [5.74, 6) is 0.636. The molecule has 0 aliphatic rings. The van der Waals surface area contributed by atoms with Crippen LogP contribution in [0.15, 0.2) is 84.9 Å². The fraction of sp³-hybridized carbons (Fsp3) is 0.0417. The lowest BCUT2D eigenvalue weighted by molar-refractivity contribution is -0.115. The number of benzene rings is 3. The molecule has 5 nitrogen and oxygen atoms in total. The molecule has 0 aliphatic heterocycles. The molecule has 0 saturated carbocycles. The molecule has 5 rings (SSSR count). The van der Waals surface area contributed by atoms with Gasteiger partial charge in [-0.1, -0.05) is 48.5 Å². The molecular weight excluding hydrogens is 360 g/mol. The molecule has 2 aromatic heterocycles. The van der Waals surface area contributed by atoms with E-state index >= 15 is 0 Å². The van der Waals surface area contributed by atoms with Gasteiger partial charge in [0.2, 0.25) is 5.91 Å². The highest BCUT2D eigenvalue weighted by Crippen LogP contribution is 2.32. The number of pyridine rings is 1. The van der Waals surface area contributed by atoms with Crippen molar-refractivity contribution < 1.29 is 4.79 Å². The Kier molecular flexibility index (Phi) is 4.06. The predicted octanol–water partition coefficient (Wildman–Crippen LogP) is 5.46. The molecule has 3 aromatic carbocycles. The maximum Gasteiger partial charge on any atom is 0.228 e. The third-order valence-electron chi connectivity index (χ3n) is 4.90. The quantitative estimate of drug-likeness (QED) is 0.453. The molecule has 0 saturated heterocycles. The maximum absolute atomic E-state index is 12.5. The Morgan fingerprint density at radius 1 is 0.828 bits per heavy atom. The number of hydrogen-bond acceptors (Lipinski definition) is 3. The van der Waals surface area contributed by atoms with Gasteiger partial charge in [0.25, 0.3) is 0 Å². The van der Waals surface area contributed by atoms with Gasteiger partial charge in [0.15, 0.2) is 5.82 Å². The number of aromatic nitrogens is 3. The molecule has 5 heteroatoms. The number of para-hydroxylation sites is 4. The largest absolute Gasteiger partial charge is 0.337 e. The fourth-order valence-electron chi connectivity index (χ4n) is 3.59. The number of nitrogens with one attached hydrogen (secondary N) is 1. The van der Waals surface area contributed by atoms with Crippen molar-refractivity contribution >= 4 is 39.2 Å². The molecule has 0 radical (unpaired) electrons. The first-order chi connectivity index (χ1) is 14.2. The molecule has 29 heavy (non-hydrogen) atoms. The topological polar surface area (TPSA) is 61.9 Å². The van der Waals surface area contributed by atoms with E-state index in [0.29, 0.717) is 5.82 Å². The summed E-state index contributed by atoms with van der Waals surface area (Å²) >= 11 is 0. The SMILES string of the molecule is CC(=O)N(c1ccccc1)c1cccc2ccc(-c3nc4ccccc4[nH]3)nc12. The minimum Gasteiger partial charge on any atom is -0.337 e. The first-order valence-corrected chi connectivity index (χ1v) is 9.41. The Morgan fingerprint density at radius 2 is 1.62 bits per heavy atom. The van der Waals surface area contributed by atoms with E-state index in [2.05, 4.69) is 9.97 Å². The van der Waals surface area contributed by atoms with E-state index in [1.165, 1.54) is 0 Å². The van der Waals surface area contributed by atoms with E-state index < -0.39 is 0 Å². The van der Waals surface area contributed by atoms with Crippen LogP contribution >= 0.6 is 0 Å². The minimum absolute atomic E-state index is 0.0698. The first kappa shape index (κ1) is 17.1. The molecule has 140 valence electrons. The average molecular weight is 378 g/mol. The lowest BCUT2D eigenvalue weighted by Gasteiger charge is -2.22. The van der Waals surface area contributed by atoms with Crippen molar-refractivity contribution in [2.75, 3.05) is 4.90 Å². The van der Waals surface area contributed by atoms with Crippen LogP contribution in [0, 0.1) is 0 Å². The van der Waals surface area contributed by atoms with Gasteiger partial charge in [0.05, 0.1) is 22.2 Å². The molecule has 5 aromatic rings. The van der Waals surface area contributed by atoms with Gasteiger partial charge in [-0.25, -0.2) is 9.97 Å². The summed E-state index contributed by atoms with van der Waals surface area (Å²) < 4.78 is 0. The summed E-state index contributed by atoms with van der Waals surface area (Å²) in [7, 11) is 0. The maximum atomic E-state index is 12.5. The van der Waals surface area contributed by atoms with Gasteiger partial charge in [-0.15, -0.1) is 0 Å². The van der Waals surface area contributed by atoms with E-state index in [4.69, 9.17) is 4.98 Å². The highest BCUT2D eigenvalue weighted by Gasteiger charge is 2.18. The molecule has 0 unspecified atom stereocenters. The average Bonchev–Trinajstić information content (AvgIpc) is 3.19. The molecular formula is C24H18N4O. The van der Waals surface area contributed by atoms with Crippen LogP contribution in [-0.2, 0) is 4.79 Å². The van der Waals surface area contributed by atoms with Crippen LogP contribution in [-0.4, -0.2) is 20.9 Å². The summed E-state index contributed by atoms with van der Waals surface area (Å²) in [4.78, 5) is 27.1. The van der Waals surface area contributed by atoms with Crippen molar-refractivity contribution in [3.8, 4) is 11.5 Å². The molecule has 0 fully saturated rings. The molecule has 2 heterocycles. The van der Waals surface area contributed by atoms with E-state index in [1.54, 1.807) is 11.8 Å². The highest BCUT2D eigenvalue weighted by atomic mass is 16.2. The first-order valence-electron chi connectivity index (χ1n) is 9.41. The standard InChI is InChI=1S/C24H18N4O/c1-16(29)28(18-9-3-2-4-10-18)22-13-7-8-17-14-15-21(25-23(17)22)24-26-19-11-5-6-12-20(19)27-24/h2-15H,1H3,(H,26,27). The van der Waals surface area contributed by atoms with Gasteiger partial charge in [-0.3, -0.25) is 9.69 Å². The second-order valence-corrected chi connectivity index (χ2v) is 6.84. The van der Waals surface area contributed by atoms with Crippen LogP contribution in [0.5, 0.6) is 0 Å². The van der Waals surface area contributed by atoms with Crippen LogP contribution in [0.3, 0.4) is 0 Å². The molecule has 0 atom stereocenters. The molecule has 1 N–H and O–H groups in total. The molecule has 0 spiro atoms. The van der Waals surface area contributed by atoms with Gasteiger partial charge in [0, 0.05) is 18.0 Å². The smallest absolute Gasteiger partial charge is 0.228 e. The van der Waals surface area contributed by atoms with Crippen LogP contribution < -0.4 is 4.90 Å². The van der Waals surface area contributed by atoms with Crippen LogP contribution in [0.1, 0.15) is 6.92 Å². The monoisotopic (exact) mass is 378 g/mol. The number of anilines is 2. The van der Waals surface area contributed by atoms with Crippen molar-refractivity contribution in [1.29, 1.82) is 0 Å². The number of H-pyrrole nitrogens is 1. The predicted molar refractivity (Wildman–Crippen MR) is 116 cm³/mol. The Hall–Kier alpha value is -3.99. The van der Waals surface area contributed by atoms with Gasteiger partial charge < -0.3 is 4.98 Å². The Morgan fingerprint density at radius 3 is 2.41 bits per heavy atom. The fourth-order valence-corrected chi connectivity index (χ4v) is 3.59. The summed E-state index contributed by atoms with van der Waals surface area (Å²) in [6, 6.07) is 27.3. The Labute approximate surface area is 167 Å². The lowest BCUT2D eigenvalue weighted by Crippen LogP contribution is -2.23. The number of carbonyl (C=O) groups is 1. The second kappa shape index (κ2) is 6.87. The normalized spacial score (nSPS) is 11.1. The molecule has 0 aliphatic carbocycles. The number of amides is 1. The Balaban J connectivity index is 1.70. The summed E-state index contributed by atoms with van der Waals surface area (Å²) in [6.45, 7) is 1.56. The number of nitrogens with zero attached hydrogens (tertiary/aromatic N) is 3. The number of carbonyl (C=O) groups excluding carboxylic acids is 1. The third-order valence-corrected chi connectivity index (χ3v) is 4.90. The van der Waals surface area contributed by atoms with Crippen molar-refractivity contribution in [3.63, 3.8) is 0 Å². The Bertz CT molecular complexity index is 1310. The summed E-state index contributed by atoms with van der Waals surface area (Å²) in [5.41, 5.74) is 4.91. The van der Waals surface area contributed by atoms with Gasteiger partial charge in [-0.2, -0.15) is 0 Å². The third kappa shape index (κ3) is 3.02. The zero-order valence-electron chi connectivity index (χ0n) is 15.8. The number of aromatic amines is 1. The van der Waals surface area contributed by atoms with Crippen LogP contribution in [0.2, 0.25) is 0 Å². The van der Waals surface area contributed by atoms with Crippen molar-refractivity contribution in [1.82, 2.24) is 15.0 Å². The van der Waals surface area contributed by atoms with E-state index in [1.807, 2.05) is 84.9 Å². The molecule has 0 bridgehead atoms. The second-order valence-electron chi connectivity index (χ2n) is 6.84. The summed E-state index contributed by atoms with van der Waals surface area (Å²) in [5, 5.41) is 0.963. The highest BCUT2D eigenvalue weighted by molar-refractivity contribution is 6.06.